The predicted octanol–water partition coefficient (Wildman–Crippen LogP) is 5.80. The summed E-state index contributed by atoms with van der Waals surface area (Å²) < 4.78 is 5.67. The first kappa shape index (κ1) is 19.5. The number of hydrogen-bond acceptors (Lipinski definition) is 0. The van der Waals surface area contributed by atoms with E-state index in [0.717, 1.165) is 25.7 Å². The smallest absolute Gasteiger partial charge is 0.116 e. The van der Waals surface area contributed by atoms with E-state index in [1.54, 1.807) is 27.9 Å². The fourth-order valence-electron chi connectivity index (χ4n) is 10.1. The van der Waals surface area contributed by atoms with Crippen LogP contribution in [0, 0.1) is 0 Å². The summed E-state index contributed by atoms with van der Waals surface area (Å²) in [5.41, 5.74) is 22.4. The summed E-state index contributed by atoms with van der Waals surface area (Å²) in [4.78, 5) is 0. The van der Waals surface area contributed by atoms with Gasteiger partial charge in [-0.05, 0) is 74.9 Å². The molecule has 0 fully saturated rings. The van der Waals surface area contributed by atoms with Gasteiger partial charge in [0.15, 0.2) is 5.69 Å². The molecule has 5 heterocycles. The van der Waals surface area contributed by atoms with Crippen molar-refractivity contribution in [3.05, 3.63) is 164 Å². The average Bonchev–Trinajstić information content (AvgIpc) is 3.30. The Morgan fingerprint density at radius 3 is 2.12 bits per heavy atom. The zero-order valence-corrected chi connectivity index (χ0v) is 22.0. The van der Waals surface area contributed by atoms with E-state index in [1.165, 1.54) is 66.8 Å². The van der Waals surface area contributed by atoms with Gasteiger partial charge < -0.3 is 0 Å². The Kier molecular flexibility index (Phi) is 2.90. The number of rotatable bonds is 0. The molecule has 3 aliphatic carbocycles. The second-order valence-corrected chi connectivity index (χ2v) is 12.8. The van der Waals surface area contributed by atoms with E-state index in [-0.39, 0.29) is 5.66 Å². The van der Waals surface area contributed by atoms with Gasteiger partial charge in [-0.15, -0.1) is 9.13 Å². The molecule has 3 aliphatic heterocycles. The Hall–Kier alpha value is -4.56. The van der Waals surface area contributed by atoms with Crippen LogP contribution in [0.5, 0.6) is 0 Å². The lowest BCUT2D eigenvalue weighted by Crippen LogP contribution is -2.78. The number of aromatic nitrogens is 2. The van der Waals surface area contributed by atoms with Gasteiger partial charge >= 0.3 is 5.66 Å². The molecule has 1 spiro atoms. The van der Waals surface area contributed by atoms with Crippen LogP contribution in [-0.4, -0.2) is 0 Å². The van der Waals surface area contributed by atoms with Gasteiger partial charge in [-0.25, -0.2) is 0 Å². The van der Waals surface area contributed by atoms with Crippen LogP contribution in [0.4, 0.5) is 0 Å². The normalized spacial score (nSPS) is 21.4. The highest BCUT2D eigenvalue weighted by atomic mass is 15.4. The van der Waals surface area contributed by atoms with Gasteiger partial charge in [0.2, 0.25) is 5.69 Å². The fraction of sp³-hybridized carbons (Fsp3) is 0.158. The van der Waals surface area contributed by atoms with Crippen molar-refractivity contribution >= 4 is 10.8 Å². The number of nitrogens with zero attached hydrogens (tertiary/aromatic N) is 2. The summed E-state index contributed by atoms with van der Waals surface area (Å²) in [6, 6.07) is 35.7. The lowest BCUT2D eigenvalue weighted by Gasteiger charge is -2.44. The number of pyridine rings is 2. The monoisotopic (exact) mass is 508 g/mol. The summed E-state index contributed by atoms with van der Waals surface area (Å²) in [6.45, 7) is 0. The molecule has 40 heavy (non-hydrogen) atoms. The van der Waals surface area contributed by atoms with E-state index in [4.69, 9.17) is 0 Å². The molecule has 184 valence electrons. The topological polar surface area (TPSA) is 7.76 Å². The second-order valence-electron chi connectivity index (χ2n) is 12.8. The first-order chi connectivity index (χ1) is 19.8. The van der Waals surface area contributed by atoms with Crippen LogP contribution < -0.4 is 9.13 Å². The third-order valence-corrected chi connectivity index (χ3v) is 11.2. The average molecular weight is 509 g/mol. The second kappa shape index (κ2) is 5.95. The van der Waals surface area contributed by atoms with Gasteiger partial charge in [-0.1, -0.05) is 66.7 Å². The Labute approximate surface area is 231 Å². The highest BCUT2D eigenvalue weighted by Crippen LogP contribution is 2.58. The van der Waals surface area contributed by atoms with Gasteiger partial charge in [0, 0.05) is 24.1 Å². The van der Waals surface area contributed by atoms with E-state index in [9.17, 15) is 0 Å². The summed E-state index contributed by atoms with van der Waals surface area (Å²) >= 11 is 0. The lowest BCUT2D eigenvalue weighted by atomic mass is 9.61. The maximum absolute atomic E-state index is 2.86. The minimum Gasteiger partial charge on any atom is -0.116 e. The number of benzene rings is 4. The molecular formula is C38H24N2+2. The van der Waals surface area contributed by atoms with Crippen molar-refractivity contribution in [2.45, 2.75) is 37.3 Å². The molecule has 4 aromatic carbocycles. The van der Waals surface area contributed by atoms with E-state index < -0.39 is 0 Å². The molecule has 0 bridgehead atoms. The van der Waals surface area contributed by atoms with Gasteiger partial charge in [-0.3, -0.25) is 0 Å². The molecule has 2 heteroatoms. The molecule has 6 aromatic rings. The van der Waals surface area contributed by atoms with Crippen LogP contribution in [0.3, 0.4) is 0 Å². The van der Waals surface area contributed by atoms with Crippen molar-refractivity contribution in [2.75, 3.05) is 0 Å². The quantitative estimate of drug-likeness (QED) is 0.229. The van der Waals surface area contributed by atoms with Crippen LogP contribution in [-0.2, 0) is 31.3 Å². The molecule has 12 rings (SSSR count). The molecule has 0 N–H and O–H groups in total. The van der Waals surface area contributed by atoms with Crippen molar-refractivity contribution in [1.29, 1.82) is 0 Å². The van der Waals surface area contributed by atoms with Crippen molar-refractivity contribution in [1.82, 2.24) is 0 Å². The van der Waals surface area contributed by atoms with Crippen molar-refractivity contribution in [3.8, 4) is 11.4 Å². The van der Waals surface area contributed by atoms with Crippen LogP contribution >= 0.6 is 0 Å². The molecule has 0 saturated carbocycles. The van der Waals surface area contributed by atoms with Gasteiger partial charge in [0.1, 0.15) is 11.1 Å². The Balaban J connectivity index is 1.40. The molecular weight excluding hydrogens is 484 g/mol. The Morgan fingerprint density at radius 1 is 0.550 bits per heavy atom. The number of hydrogen-bond donors (Lipinski definition) is 0. The molecule has 2 nitrogen and oxygen atoms in total. The standard InChI is InChI=1S/C38H24N2/c1-2-10-29-20(5-1)18-28-19-25-9-4-8-24-17-26-12-11-23-15-21-6-3-7-22-16-27-13-14-30-37(29)39(28)38(34(24)25)35(26)32(23)33(31(21)22)36(27)40(30)38/h1-14,18,33H,15-17,19H2/q+2. The third kappa shape index (κ3) is 1.78. The van der Waals surface area contributed by atoms with Crippen molar-refractivity contribution < 1.29 is 9.13 Å². The first-order valence-electron chi connectivity index (χ1n) is 14.8. The zero-order valence-electron chi connectivity index (χ0n) is 22.0. The molecule has 2 aromatic heterocycles. The van der Waals surface area contributed by atoms with E-state index >= 15 is 0 Å². The van der Waals surface area contributed by atoms with Crippen molar-refractivity contribution in [2.24, 2.45) is 0 Å². The van der Waals surface area contributed by atoms with E-state index in [0.29, 0.717) is 5.92 Å². The van der Waals surface area contributed by atoms with Gasteiger partial charge in [0.05, 0.1) is 17.7 Å². The number of fused-ring (bicyclic) bond motifs is 3. The zero-order chi connectivity index (χ0) is 25.5. The summed E-state index contributed by atoms with van der Waals surface area (Å²) in [5.74, 6) is 0.319. The lowest BCUT2D eigenvalue weighted by molar-refractivity contribution is -0.946. The van der Waals surface area contributed by atoms with Crippen LogP contribution in [0.1, 0.15) is 78.5 Å². The van der Waals surface area contributed by atoms with Crippen LogP contribution in [0.15, 0.2) is 91.0 Å². The highest BCUT2D eigenvalue weighted by molar-refractivity contribution is 5.93. The minimum absolute atomic E-state index is 0.319. The van der Waals surface area contributed by atoms with Gasteiger partial charge in [0.25, 0.3) is 11.4 Å². The van der Waals surface area contributed by atoms with E-state index in [1.807, 2.05) is 0 Å². The summed E-state index contributed by atoms with van der Waals surface area (Å²) in [6.07, 6.45) is 4.08. The Bertz CT molecular complexity index is 2280. The molecule has 2 atom stereocenters. The molecule has 0 radical (unpaired) electrons. The maximum Gasteiger partial charge on any atom is 0.417 e. The summed E-state index contributed by atoms with van der Waals surface area (Å²) in [7, 11) is 0. The first-order valence-corrected chi connectivity index (χ1v) is 14.8. The molecule has 6 aliphatic rings. The molecule has 0 amide bonds. The van der Waals surface area contributed by atoms with Crippen molar-refractivity contribution in [3.63, 3.8) is 0 Å². The van der Waals surface area contributed by atoms with Gasteiger partial charge in [-0.2, -0.15) is 0 Å². The maximum atomic E-state index is 2.86. The van der Waals surface area contributed by atoms with Crippen LogP contribution in [0.25, 0.3) is 22.2 Å². The summed E-state index contributed by atoms with van der Waals surface area (Å²) in [5, 5.41) is 2.72. The Morgan fingerprint density at radius 2 is 1.23 bits per heavy atom. The van der Waals surface area contributed by atoms with Crippen LogP contribution in [0.2, 0.25) is 0 Å². The predicted molar refractivity (Wildman–Crippen MR) is 153 cm³/mol. The third-order valence-electron chi connectivity index (χ3n) is 11.2. The molecule has 0 saturated heterocycles. The highest BCUT2D eigenvalue weighted by Gasteiger charge is 2.73. The SMILES string of the molecule is c1cc2c3c(c1)Cc1ccc4[n+]5c1C3c1c(ccc3c1C51c5c(cccc5Cc5cc6ccccc6c-4[n+]51)C3)C2. The molecule has 2 unspecified atom stereocenters. The fourth-order valence-corrected chi connectivity index (χ4v) is 10.1. The van der Waals surface area contributed by atoms with E-state index in [2.05, 4.69) is 100 Å². The minimum atomic E-state index is -0.348. The largest absolute Gasteiger partial charge is 0.417 e.